The molecule has 0 fully saturated rings. The van der Waals surface area contributed by atoms with Crippen molar-refractivity contribution in [3.8, 4) is 0 Å². The average molecular weight is 222 g/mol. The van der Waals surface area contributed by atoms with E-state index in [1.165, 1.54) is 0 Å². The molecule has 2 rings (SSSR count). The molecular formula is C9H10N4OS. The first-order valence-corrected chi connectivity index (χ1v) is 5.20. The summed E-state index contributed by atoms with van der Waals surface area (Å²) in [6.45, 7) is 0.286. The van der Waals surface area contributed by atoms with Gasteiger partial charge in [0.25, 0.3) is 0 Å². The number of benzene rings is 1. The highest BCUT2D eigenvalue weighted by Crippen LogP contribution is 2.20. The summed E-state index contributed by atoms with van der Waals surface area (Å²) in [7, 11) is 1.73. The van der Waals surface area contributed by atoms with Gasteiger partial charge in [-0.25, -0.2) is 0 Å². The Labute approximate surface area is 90.8 Å². The number of hydrogen-bond donors (Lipinski definition) is 2. The fraction of sp³-hybridized carbons (Fsp3) is 0.222. The predicted molar refractivity (Wildman–Crippen MR) is 60.0 cm³/mol. The number of nitrogens with one attached hydrogen (secondary N) is 2. The third kappa shape index (κ3) is 2.11. The van der Waals surface area contributed by atoms with Crippen LogP contribution < -0.4 is 10.6 Å². The maximum absolute atomic E-state index is 11.4. The summed E-state index contributed by atoms with van der Waals surface area (Å²) in [4.78, 5) is 11.4. The third-order valence-electron chi connectivity index (χ3n) is 1.90. The van der Waals surface area contributed by atoms with Gasteiger partial charge in [-0.3, -0.25) is 4.79 Å². The monoisotopic (exact) mass is 222 g/mol. The number of aromatic nitrogens is 2. The summed E-state index contributed by atoms with van der Waals surface area (Å²) in [6.07, 6.45) is 0. The van der Waals surface area contributed by atoms with Gasteiger partial charge < -0.3 is 10.6 Å². The second-order valence-corrected chi connectivity index (χ2v) is 3.54. The van der Waals surface area contributed by atoms with Crippen LogP contribution in [0.15, 0.2) is 18.2 Å². The number of anilines is 1. The molecule has 1 heterocycles. The van der Waals surface area contributed by atoms with Gasteiger partial charge in [-0.2, -0.15) is 8.75 Å². The molecule has 0 unspecified atom stereocenters. The molecule has 1 aromatic carbocycles. The number of rotatable bonds is 3. The van der Waals surface area contributed by atoms with Crippen molar-refractivity contribution in [3.63, 3.8) is 0 Å². The highest BCUT2D eigenvalue weighted by atomic mass is 32.1. The molecule has 2 aromatic rings. The van der Waals surface area contributed by atoms with Crippen LogP contribution in [0.2, 0.25) is 0 Å². The molecule has 2 N–H and O–H groups in total. The van der Waals surface area contributed by atoms with Gasteiger partial charge in [0, 0.05) is 0 Å². The first-order chi connectivity index (χ1) is 7.31. The molecule has 0 aliphatic heterocycles. The lowest BCUT2D eigenvalue weighted by atomic mass is 10.2. The molecule has 0 aliphatic carbocycles. The largest absolute Gasteiger partial charge is 0.323 e. The molecule has 15 heavy (non-hydrogen) atoms. The van der Waals surface area contributed by atoms with Crippen molar-refractivity contribution >= 4 is 34.4 Å². The smallest absolute Gasteiger partial charge is 0.238 e. The van der Waals surface area contributed by atoms with E-state index in [1.807, 2.05) is 18.2 Å². The van der Waals surface area contributed by atoms with Crippen molar-refractivity contribution in [2.45, 2.75) is 0 Å². The molecule has 0 atom stereocenters. The fourth-order valence-corrected chi connectivity index (χ4v) is 1.81. The van der Waals surface area contributed by atoms with E-state index >= 15 is 0 Å². The van der Waals surface area contributed by atoms with Crippen molar-refractivity contribution in [1.29, 1.82) is 0 Å². The minimum Gasteiger partial charge on any atom is -0.323 e. The number of likely N-dealkylation sites (N-methyl/N-ethyl adjacent to an activating group) is 1. The number of hydrogen-bond acceptors (Lipinski definition) is 5. The van der Waals surface area contributed by atoms with Crippen LogP contribution in [0.1, 0.15) is 0 Å². The quantitative estimate of drug-likeness (QED) is 0.808. The zero-order chi connectivity index (χ0) is 10.7. The van der Waals surface area contributed by atoms with Gasteiger partial charge in [-0.05, 0) is 19.2 Å². The van der Waals surface area contributed by atoms with Crippen LogP contribution in [0.4, 0.5) is 5.69 Å². The molecule has 0 aliphatic rings. The van der Waals surface area contributed by atoms with E-state index in [0.717, 1.165) is 22.8 Å². The Morgan fingerprint density at radius 1 is 1.47 bits per heavy atom. The minimum atomic E-state index is -0.0852. The van der Waals surface area contributed by atoms with Gasteiger partial charge in [0.15, 0.2) is 0 Å². The van der Waals surface area contributed by atoms with Crippen molar-refractivity contribution < 1.29 is 4.79 Å². The van der Waals surface area contributed by atoms with Crippen LogP contribution in [0.25, 0.3) is 11.0 Å². The molecule has 1 amide bonds. The summed E-state index contributed by atoms with van der Waals surface area (Å²) in [6, 6.07) is 5.53. The van der Waals surface area contributed by atoms with E-state index in [9.17, 15) is 4.79 Å². The van der Waals surface area contributed by atoms with E-state index in [1.54, 1.807) is 7.05 Å². The number of carbonyl (C=O) groups is 1. The van der Waals surface area contributed by atoms with Crippen LogP contribution >= 0.6 is 11.7 Å². The number of amides is 1. The van der Waals surface area contributed by atoms with Crippen LogP contribution in [0.3, 0.4) is 0 Å². The summed E-state index contributed by atoms with van der Waals surface area (Å²) >= 11 is 1.14. The van der Waals surface area contributed by atoms with E-state index < -0.39 is 0 Å². The number of nitrogens with zero attached hydrogens (tertiary/aromatic N) is 2. The number of carbonyl (C=O) groups excluding carboxylic acids is 1. The molecule has 78 valence electrons. The Morgan fingerprint density at radius 2 is 2.33 bits per heavy atom. The Bertz CT molecular complexity index is 482. The Kier molecular flexibility index (Phi) is 2.89. The van der Waals surface area contributed by atoms with Crippen LogP contribution in [0.5, 0.6) is 0 Å². The van der Waals surface area contributed by atoms with Gasteiger partial charge >= 0.3 is 0 Å². The third-order valence-corrected chi connectivity index (χ3v) is 2.44. The zero-order valence-corrected chi connectivity index (χ0v) is 8.97. The van der Waals surface area contributed by atoms with E-state index in [0.29, 0.717) is 5.69 Å². The van der Waals surface area contributed by atoms with Crippen LogP contribution in [-0.4, -0.2) is 28.2 Å². The Balaban J connectivity index is 2.27. The first-order valence-electron chi connectivity index (χ1n) is 4.47. The van der Waals surface area contributed by atoms with Crippen molar-refractivity contribution in [3.05, 3.63) is 18.2 Å². The molecule has 0 spiro atoms. The molecular weight excluding hydrogens is 212 g/mol. The van der Waals surface area contributed by atoms with Gasteiger partial charge in [0.2, 0.25) is 5.91 Å². The Morgan fingerprint density at radius 3 is 3.13 bits per heavy atom. The molecule has 0 bridgehead atoms. The fourth-order valence-electron chi connectivity index (χ4n) is 1.26. The molecule has 1 aromatic heterocycles. The summed E-state index contributed by atoms with van der Waals surface area (Å²) < 4.78 is 8.22. The summed E-state index contributed by atoms with van der Waals surface area (Å²) in [5, 5.41) is 5.56. The second-order valence-electron chi connectivity index (χ2n) is 3.02. The maximum atomic E-state index is 11.4. The lowest BCUT2D eigenvalue weighted by molar-refractivity contribution is -0.115. The SMILES string of the molecule is CNCC(=O)Nc1cccc2nsnc12. The van der Waals surface area contributed by atoms with Crippen LogP contribution in [0, 0.1) is 0 Å². The molecule has 6 heteroatoms. The van der Waals surface area contributed by atoms with Crippen molar-refractivity contribution in [2.75, 3.05) is 18.9 Å². The molecule has 0 saturated carbocycles. The van der Waals surface area contributed by atoms with Crippen LogP contribution in [-0.2, 0) is 4.79 Å². The van der Waals surface area contributed by atoms with Gasteiger partial charge in [-0.15, -0.1) is 0 Å². The van der Waals surface area contributed by atoms with Crippen molar-refractivity contribution in [1.82, 2.24) is 14.1 Å². The van der Waals surface area contributed by atoms with Gasteiger partial charge in [-0.1, -0.05) is 6.07 Å². The topological polar surface area (TPSA) is 66.9 Å². The molecule has 0 radical (unpaired) electrons. The highest BCUT2D eigenvalue weighted by molar-refractivity contribution is 7.00. The van der Waals surface area contributed by atoms with E-state index in [4.69, 9.17) is 0 Å². The minimum absolute atomic E-state index is 0.0852. The van der Waals surface area contributed by atoms with E-state index in [-0.39, 0.29) is 12.5 Å². The predicted octanol–water partition coefficient (Wildman–Crippen LogP) is 0.849. The lowest BCUT2D eigenvalue weighted by Crippen LogP contribution is -2.25. The lowest BCUT2D eigenvalue weighted by Gasteiger charge is -2.04. The van der Waals surface area contributed by atoms with Gasteiger partial charge in [0.05, 0.1) is 24.0 Å². The molecule has 5 nitrogen and oxygen atoms in total. The first kappa shape index (κ1) is 10.0. The summed E-state index contributed by atoms with van der Waals surface area (Å²) in [5.41, 5.74) is 2.26. The number of fused-ring (bicyclic) bond motifs is 1. The zero-order valence-electron chi connectivity index (χ0n) is 8.15. The molecule has 0 saturated heterocycles. The Hall–Kier alpha value is -1.53. The van der Waals surface area contributed by atoms with Gasteiger partial charge in [0.1, 0.15) is 11.0 Å². The van der Waals surface area contributed by atoms with E-state index in [2.05, 4.69) is 19.4 Å². The second kappa shape index (κ2) is 4.33. The standard InChI is InChI=1S/C9H10N4OS/c1-10-5-8(14)11-6-3-2-4-7-9(6)13-15-12-7/h2-4,10H,5H2,1H3,(H,11,14). The average Bonchev–Trinajstić information content (AvgIpc) is 2.67. The summed E-state index contributed by atoms with van der Waals surface area (Å²) in [5.74, 6) is -0.0852. The highest BCUT2D eigenvalue weighted by Gasteiger charge is 2.07. The van der Waals surface area contributed by atoms with Crippen molar-refractivity contribution in [2.24, 2.45) is 0 Å². The normalized spacial score (nSPS) is 10.5. The maximum Gasteiger partial charge on any atom is 0.238 e.